The molecule has 1 rings (SSSR count). The molecule has 1 saturated heterocycles. The smallest absolute Gasteiger partial charge is 0.332 e. The highest BCUT2D eigenvalue weighted by Gasteiger charge is 2.21. The largest absolute Gasteiger partial charge is 0.479 e. The molecule has 4 N–H and O–H groups in total. The summed E-state index contributed by atoms with van der Waals surface area (Å²) in [5.74, 6) is -1.57. The molecule has 1 amide bonds. The van der Waals surface area contributed by atoms with Crippen LogP contribution in [0.25, 0.3) is 0 Å². The number of hydrogen-bond acceptors (Lipinski definition) is 5. The molecule has 16 heavy (non-hydrogen) atoms. The first-order valence-electron chi connectivity index (χ1n) is 5.12. The van der Waals surface area contributed by atoms with Crippen LogP contribution in [-0.2, 0) is 14.3 Å². The van der Waals surface area contributed by atoms with Crippen LogP contribution < -0.4 is 10.6 Å². The Morgan fingerprint density at radius 2 is 2.31 bits per heavy atom. The van der Waals surface area contributed by atoms with Crippen molar-refractivity contribution >= 4 is 11.9 Å². The number of aliphatic hydroxyl groups is 1. The molecule has 1 heterocycles. The summed E-state index contributed by atoms with van der Waals surface area (Å²) in [7, 11) is 0. The highest BCUT2D eigenvalue weighted by molar-refractivity contribution is 5.81. The molecule has 7 nitrogen and oxygen atoms in total. The third-order valence-corrected chi connectivity index (χ3v) is 2.22. The lowest BCUT2D eigenvalue weighted by Gasteiger charge is -2.22. The van der Waals surface area contributed by atoms with Gasteiger partial charge in [-0.15, -0.1) is 0 Å². The van der Waals surface area contributed by atoms with Crippen LogP contribution in [0.1, 0.15) is 6.42 Å². The summed E-state index contributed by atoms with van der Waals surface area (Å²) >= 11 is 0. The van der Waals surface area contributed by atoms with Crippen molar-refractivity contribution in [2.75, 3.05) is 26.2 Å². The summed E-state index contributed by atoms with van der Waals surface area (Å²) in [5.41, 5.74) is 0. The Morgan fingerprint density at radius 1 is 1.56 bits per heavy atom. The standard InChI is InChI=1S/C9H16N2O5/c12-6(9(14)15)1-2-11-8(13)7-5-10-3-4-16-7/h6-7,10,12H,1-5H2,(H,11,13)(H,14,15). The highest BCUT2D eigenvalue weighted by Crippen LogP contribution is 1.96. The van der Waals surface area contributed by atoms with E-state index in [-0.39, 0.29) is 18.9 Å². The Hall–Kier alpha value is -1.18. The molecule has 0 radical (unpaired) electrons. The fourth-order valence-electron chi connectivity index (χ4n) is 1.30. The number of amides is 1. The summed E-state index contributed by atoms with van der Waals surface area (Å²) in [6.07, 6.45) is -1.98. The van der Waals surface area contributed by atoms with E-state index in [1.165, 1.54) is 0 Å². The van der Waals surface area contributed by atoms with Gasteiger partial charge in [-0.3, -0.25) is 4.79 Å². The van der Waals surface area contributed by atoms with Crippen LogP contribution in [0.4, 0.5) is 0 Å². The number of aliphatic hydroxyl groups excluding tert-OH is 1. The van der Waals surface area contributed by atoms with Crippen molar-refractivity contribution in [1.29, 1.82) is 0 Å². The van der Waals surface area contributed by atoms with Crippen molar-refractivity contribution in [2.24, 2.45) is 0 Å². The molecule has 0 saturated carbocycles. The Bertz CT molecular complexity index is 252. The van der Waals surface area contributed by atoms with E-state index in [4.69, 9.17) is 14.9 Å². The van der Waals surface area contributed by atoms with Gasteiger partial charge in [0.25, 0.3) is 0 Å². The number of carboxylic acids is 1. The molecule has 2 atom stereocenters. The Labute approximate surface area is 92.8 Å². The van der Waals surface area contributed by atoms with Gasteiger partial charge in [-0.25, -0.2) is 4.79 Å². The predicted molar refractivity (Wildman–Crippen MR) is 53.9 cm³/mol. The average molecular weight is 232 g/mol. The summed E-state index contributed by atoms with van der Waals surface area (Å²) in [4.78, 5) is 21.7. The summed E-state index contributed by atoms with van der Waals surface area (Å²) in [5, 5.41) is 22.9. The molecular formula is C9H16N2O5. The van der Waals surface area contributed by atoms with Crippen molar-refractivity contribution in [2.45, 2.75) is 18.6 Å². The van der Waals surface area contributed by atoms with Crippen LogP contribution in [0, 0.1) is 0 Å². The minimum Gasteiger partial charge on any atom is -0.479 e. The summed E-state index contributed by atoms with van der Waals surface area (Å²) < 4.78 is 5.19. The van der Waals surface area contributed by atoms with Crippen molar-refractivity contribution in [3.63, 3.8) is 0 Å². The van der Waals surface area contributed by atoms with Gasteiger partial charge in [0.2, 0.25) is 5.91 Å². The van der Waals surface area contributed by atoms with Crippen LogP contribution >= 0.6 is 0 Å². The number of carbonyl (C=O) groups excluding carboxylic acids is 1. The summed E-state index contributed by atoms with van der Waals surface area (Å²) in [6, 6.07) is 0. The van der Waals surface area contributed by atoms with Crippen molar-refractivity contribution in [3.8, 4) is 0 Å². The molecule has 0 aromatic carbocycles. The first-order chi connectivity index (χ1) is 7.61. The number of morpholine rings is 1. The lowest BCUT2D eigenvalue weighted by atomic mass is 10.2. The van der Waals surface area contributed by atoms with Gasteiger partial charge in [0.1, 0.15) is 6.10 Å². The van der Waals surface area contributed by atoms with Gasteiger partial charge in [-0.1, -0.05) is 0 Å². The zero-order valence-corrected chi connectivity index (χ0v) is 8.81. The van der Waals surface area contributed by atoms with E-state index in [1.807, 2.05) is 0 Å². The first-order valence-corrected chi connectivity index (χ1v) is 5.12. The van der Waals surface area contributed by atoms with Gasteiger partial charge in [-0.05, 0) is 0 Å². The van der Waals surface area contributed by atoms with Crippen molar-refractivity contribution < 1.29 is 24.5 Å². The number of carboxylic acid groups (broad SMARTS) is 1. The van der Waals surface area contributed by atoms with Gasteiger partial charge in [0, 0.05) is 26.1 Å². The van der Waals surface area contributed by atoms with Gasteiger partial charge < -0.3 is 25.6 Å². The monoisotopic (exact) mass is 232 g/mol. The minimum atomic E-state index is -1.44. The van der Waals surface area contributed by atoms with Crippen LogP contribution in [0.5, 0.6) is 0 Å². The molecule has 1 fully saturated rings. The number of ether oxygens (including phenoxy) is 1. The predicted octanol–water partition coefficient (Wildman–Crippen LogP) is -2.07. The van der Waals surface area contributed by atoms with Gasteiger partial charge in [0.15, 0.2) is 6.10 Å². The SMILES string of the molecule is O=C(O)C(O)CCNC(=O)C1CNCCO1. The van der Waals surface area contributed by atoms with E-state index in [0.29, 0.717) is 13.2 Å². The van der Waals surface area contributed by atoms with Crippen LogP contribution in [-0.4, -0.2) is 60.5 Å². The van der Waals surface area contributed by atoms with Crippen molar-refractivity contribution in [3.05, 3.63) is 0 Å². The zero-order valence-electron chi connectivity index (χ0n) is 8.81. The quantitative estimate of drug-likeness (QED) is 0.433. The van der Waals surface area contributed by atoms with Gasteiger partial charge in [-0.2, -0.15) is 0 Å². The number of hydrogen-bond donors (Lipinski definition) is 4. The number of aliphatic carboxylic acids is 1. The maximum atomic E-state index is 11.4. The number of nitrogens with one attached hydrogen (secondary N) is 2. The minimum absolute atomic E-state index is 0.0127. The van der Waals surface area contributed by atoms with Crippen LogP contribution in [0.15, 0.2) is 0 Å². The molecule has 2 unspecified atom stereocenters. The van der Waals surface area contributed by atoms with E-state index >= 15 is 0 Å². The molecule has 0 spiro atoms. The second-order valence-corrected chi connectivity index (χ2v) is 3.50. The number of carbonyl (C=O) groups is 2. The van der Waals surface area contributed by atoms with Crippen LogP contribution in [0.2, 0.25) is 0 Å². The molecule has 1 aliphatic rings. The molecule has 1 aliphatic heterocycles. The Kier molecular flexibility index (Phi) is 5.17. The summed E-state index contributed by atoms with van der Waals surface area (Å²) in [6.45, 7) is 1.77. The fraction of sp³-hybridized carbons (Fsp3) is 0.778. The zero-order chi connectivity index (χ0) is 12.0. The third-order valence-electron chi connectivity index (χ3n) is 2.22. The molecule has 0 aromatic heterocycles. The molecule has 7 heteroatoms. The van der Waals surface area contributed by atoms with E-state index in [9.17, 15) is 9.59 Å². The second-order valence-electron chi connectivity index (χ2n) is 3.50. The first kappa shape index (κ1) is 12.9. The highest BCUT2D eigenvalue weighted by atomic mass is 16.5. The normalized spacial score (nSPS) is 22.4. The fourth-order valence-corrected chi connectivity index (χ4v) is 1.30. The van der Waals surface area contributed by atoms with Crippen LogP contribution in [0.3, 0.4) is 0 Å². The van der Waals surface area contributed by atoms with Gasteiger partial charge >= 0.3 is 5.97 Å². The number of rotatable bonds is 5. The molecule has 92 valence electrons. The van der Waals surface area contributed by atoms with Gasteiger partial charge in [0.05, 0.1) is 6.61 Å². The average Bonchev–Trinajstić information content (AvgIpc) is 2.29. The topological polar surface area (TPSA) is 108 Å². The van der Waals surface area contributed by atoms with Crippen molar-refractivity contribution in [1.82, 2.24) is 10.6 Å². The van der Waals surface area contributed by atoms with E-state index in [1.54, 1.807) is 0 Å². The molecule has 0 bridgehead atoms. The van der Waals surface area contributed by atoms with E-state index < -0.39 is 18.2 Å². The second kappa shape index (κ2) is 6.41. The molecular weight excluding hydrogens is 216 g/mol. The van der Waals surface area contributed by atoms with E-state index in [2.05, 4.69) is 10.6 Å². The lowest BCUT2D eigenvalue weighted by Crippen LogP contribution is -2.48. The molecule has 0 aliphatic carbocycles. The van der Waals surface area contributed by atoms with E-state index in [0.717, 1.165) is 6.54 Å². The maximum Gasteiger partial charge on any atom is 0.332 e. The molecule has 0 aromatic rings. The Balaban J connectivity index is 2.16. The maximum absolute atomic E-state index is 11.4. The third kappa shape index (κ3) is 4.13. The Morgan fingerprint density at radius 3 is 2.88 bits per heavy atom. The lowest BCUT2D eigenvalue weighted by molar-refractivity contribution is -0.147.